The van der Waals surface area contributed by atoms with Crippen molar-refractivity contribution in [3.05, 3.63) is 35.9 Å². The van der Waals surface area contributed by atoms with Gasteiger partial charge in [0.25, 0.3) is 5.91 Å². The van der Waals surface area contributed by atoms with E-state index < -0.39 is 6.10 Å². The molecule has 0 radical (unpaired) electrons. The molecule has 2 fully saturated rings. The molecule has 0 spiro atoms. The molecule has 5 nitrogen and oxygen atoms in total. The minimum absolute atomic E-state index is 0.0245. The molecule has 2 aliphatic rings. The number of likely N-dealkylation sites (tertiary alicyclic amines) is 1. The molecule has 3 rings (SSSR count). The summed E-state index contributed by atoms with van der Waals surface area (Å²) in [6.07, 6.45) is 0.868. The number of morpholine rings is 1. The Hall–Kier alpha value is -1.43. The van der Waals surface area contributed by atoms with Crippen LogP contribution >= 0.6 is 0 Å². The summed E-state index contributed by atoms with van der Waals surface area (Å²) in [5.74, 6) is 0.0245. The maximum absolute atomic E-state index is 12.6. The highest BCUT2D eigenvalue weighted by Crippen LogP contribution is 2.16. The first-order valence-electron chi connectivity index (χ1n) is 8.07. The molecule has 5 heteroatoms. The molecule has 2 aliphatic heterocycles. The van der Waals surface area contributed by atoms with Crippen LogP contribution in [0.5, 0.6) is 0 Å². The Bertz CT molecular complexity index is 494. The van der Waals surface area contributed by atoms with Crippen LogP contribution in [0.4, 0.5) is 0 Å². The molecular formula is C17H24N2O3. The molecule has 0 saturated carbocycles. The molecule has 2 atom stereocenters. The number of carbonyl (C=O) groups excluding carboxylic acids is 1. The predicted molar refractivity (Wildman–Crippen MR) is 83.3 cm³/mol. The fraction of sp³-hybridized carbons (Fsp3) is 0.588. The number of benzene rings is 1. The van der Waals surface area contributed by atoms with E-state index in [2.05, 4.69) is 17.0 Å². The van der Waals surface area contributed by atoms with Crippen molar-refractivity contribution >= 4 is 5.91 Å². The zero-order valence-corrected chi connectivity index (χ0v) is 12.9. The number of aliphatic hydroxyl groups is 1. The Balaban J connectivity index is 1.57. The SMILES string of the molecule is O=C(C1CN(Cc2ccccc2)CCO1)N1CCCC(O)C1. The lowest BCUT2D eigenvalue weighted by Gasteiger charge is -2.37. The van der Waals surface area contributed by atoms with Gasteiger partial charge in [-0.25, -0.2) is 0 Å². The number of amides is 1. The zero-order valence-electron chi connectivity index (χ0n) is 12.9. The average Bonchev–Trinajstić information content (AvgIpc) is 2.55. The second-order valence-corrected chi connectivity index (χ2v) is 6.16. The van der Waals surface area contributed by atoms with Gasteiger partial charge in [-0.1, -0.05) is 30.3 Å². The predicted octanol–water partition coefficient (Wildman–Crippen LogP) is 0.871. The lowest BCUT2D eigenvalue weighted by Crippen LogP contribution is -2.53. The van der Waals surface area contributed by atoms with Gasteiger partial charge in [0.1, 0.15) is 6.10 Å². The third-order valence-electron chi connectivity index (χ3n) is 4.38. The molecule has 2 unspecified atom stereocenters. The third kappa shape index (κ3) is 3.85. The average molecular weight is 304 g/mol. The van der Waals surface area contributed by atoms with E-state index in [1.165, 1.54) is 5.56 Å². The van der Waals surface area contributed by atoms with Crippen LogP contribution in [0.3, 0.4) is 0 Å². The Morgan fingerprint density at radius 3 is 2.82 bits per heavy atom. The summed E-state index contributed by atoms with van der Waals surface area (Å²) < 4.78 is 5.68. The highest BCUT2D eigenvalue weighted by molar-refractivity contribution is 5.81. The summed E-state index contributed by atoms with van der Waals surface area (Å²) in [6, 6.07) is 10.3. The first-order valence-corrected chi connectivity index (χ1v) is 8.07. The van der Waals surface area contributed by atoms with Gasteiger partial charge in [0.15, 0.2) is 0 Å². The van der Waals surface area contributed by atoms with E-state index in [-0.39, 0.29) is 12.0 Å². The first kappa shape index (κ1) is 15.5. The van der Waals surface area contributed by atoms with Gasteiger partial charge < -0.3 is 14.7 Å². The summed E-state index contributed by atoms with van der Waals surface area (Å²) in [6.45, 7) is 4.07. The molecule has 0 aromatic heterocycles. The van der Waals surface area contributed by atoms with Crippen LogP contribution in [-0.2, 0) is 16.1 Å². The Morgan fingerprint density at radius 2 is 2.05 bits per heavy atom. The van der Waals surface area contributed by atoms with Crippen LogP contribution in [-0.4, -0.2) is 65.8 Å². The van der Waals surface area contributed by atoms with Crippen molar-refractivity contribution in [1.29, 1.82) is 0 Å². The highest BCUT2D eigenvalue weighted by atomic mass is 16.5. The number of piperidine rings is 1. The normalized spacial score (nSPS) is 26.9. The molecule has 120 valence electrons. The van der Waals surface area contributed by atoms with Crippen molar-refractivity contribution in [2.45, 2.75) is 31.6 Å². The van der Waals surface area contributed by atoms with E-state index in [0.29, 0.717) is 19.7 Å². The molecule has 2 heterocycles. The molecule has 1 N–H and O–H groups in total. The summed E-state index contributed by atoms with van der Waals surface area (Å²) >= 11 is 0. The van der Waals surface area contributed by atoms with Crippen molar-refractivity contribution in [2.75, 3.05) is 32.8 Å². The van der Waals surface area contributed by atoms with Crippen LogP contribution in [0.2, 0.25) is 0 Å². The third-order valence-corrected chi connectivity index (χ3v) is 4.38. The second-order valence-electron chi connectivity index (χ2n) is 6.16. The van der Waals surface area contributed by atoms with E-state index in [9.17, 15) is 9.90 Å². The number of ether oxygens (including phenoxy) is 1. The molecule has 22 heavy (non-hydrogen) atoms. The summed E-state index contributed by atoms with van der Waals surface area (Å²) in [5, 5.41) is 9.73. The standard InChI is InChI=1S/C17H24N2O3/c20-15-7-4-8-19(12-15)17(21)16-13-18(9-10-22-16)11-14-5-2-1-3-6-14/h1-3,5-6,15-16,20H,4,7-13H2. The van der Waals surface area contributed by atoms with Crippen LogP contribution in [0.15, 0.2) is 30.3 Å². The molecule has 1 aromatic carbocycles. The van der Waals surface area contributed by atoms with E-state index in [1.807, 2.05) is 18.2 Å². The van der Waals surface area contributed by atoms with Gasteiger partial charge in [-0.05, 0) is 18.4 Å². The lowest BCUT2D eigenvalue weighted by atomic mass is 10.1. The first-order chi connectivity index (χ1) is 10.7. The van der Waals surface area contributed by atoms with Gasteiger partial charge in [0, 0.05) is 32.7 Å². The maximum Gasteiger partial charge on any atom is 0.253 e. The number of hydrogen-bond acceptors (Lipinski definition) is 4. The summed E-state index contributed by atoms with van der Waals surface area (Å²) in [4.78, 5) is 16.6. The molecule has 2 saturated heterocycles. The largest absolute Gasteiger partial charge is 0.391 e. The Kier molecular flexibility index (Phi) is 5.08. The van der Waals surface area contributed by atoms with Crippen molar-refractivity contribution in [2.24, 2.45) is 0 Å². The summed E-state index contributed by atoms with van der Waals surface area (Å²) in [5.41, 5.74) is 1.25. The quantitative estimate of drug-likeness (QED) is 0.900. The molecule has 1 aromatic rings. The Morgan fingerprint density at radius 1 is 1.23 bits per heavy atom. The maximum atomic E-state index is 12.6. The molecular weight excluding hydrogens is 280 g/mol. The number of nitrogens with zero attached hydrogens (tertiary/aromatic N) is 2. The van der Waals surface area contributed by atoms with Gasteiger partial charge in [-0.15, -0.1) is 0 Å². The minimum atomic E-state index is -0.400. The number of carbonyl (C=O) groups is 1. The van der Waals surface area contributed by atoms with Crippen molar-refractivity contribution in [3.63, 3.8) is 0 Å². The topological polar surface area (TPSA) is 53.0 Å². The zero-order chi connectivity index (χ0) is 15.4. The number of β-amino-alcohol motifs (C(OH)–C–C–N with tert-alkyl or cyclic N) is 1. The molecule has 0 bridgehead atoms. The molecule has 0 aliphatic carbocycles. The van der Waals surface area contributed by atoms with E-state index in [1.54, 1.807) is 4.90 Å². The molecule has 1 amide bonds. The highest BCUT2D eigenvalue weighted by Gasteiger charge is 2.32. The number of aliphatic hydroxyl groups excluding tert-OH is 1. The fourth-order valence-corrected chi connectivity index (χ4v) is 3.20. The van der Waals surface area contributed by atoms with Crippen molar-refractivity contribution < 1.29 is 14.6 Å². The monoisotopic (exact) mass is 304 g/mol. The van der Waals surface area contributed by atoms with Gasteiger partial charge in [-0.3, -0.25) is 9.69 Å². The van der Waals surface area contributed by atoms with Crippen LogP contribution in [0, 0.1) is 0 Å². The van der Waals surface area contributed by atoms with Gasteiger partial charge in [0.05, 0.1) is 12.7 Å². The van der Waals surface area contributed by atoms with Gasteiger partial charge in [0.2, 0.25) is 0 Å². The van der Waals surface area contributed by atoms with Gasteiger partial charge in [-0.2, -0.15) is 0 Å². The Labute approximate surface area is 131 Å². The summed E-state index contributed by atoms with van der Waals surface area (Å²) in [7, 11) is 0. The second kappa shape index (κ2) is 7.22. The number of hydrogen-bond donors (Lipinski definition) is 1. The van der Waals surface area contributed by atoms with Crippen LogP contribution in [0.25, 0.3) is 0 Å². The smallest absolute Gasteiger partial charge is 0.253 e. The van der Waals surface area contributed by atoms with E-state index >= 15 is 0 Å². The van der Waals surface area contributed by atoms with E-state index in [4.69, 9.17) is 4.74 Å². The number of rotatable bonds is 3. The van der Waals surface area contributed by atoms with E-state index in [0.717, 1.165) is 32.5 Å². The van der Waals surface area contributed by atoms with Gasteiger partial charge >= 0.3 is 0 Å². The lowest BCUT2D eigenvalue weighted by molar-refractivity contribution is -0.152. The van der Waals surface area contributed by atoms with Crippen LogP contribution < -0.4 is 0 Å². The van der Waals surface area contributed by atoms with Crippen LogP contribution in [0.1, 0.15) is 18.4 Å². The van der Waals surface area contributed by atoms with Crippen molar-refractivity contribution in [3.8, 4) is 0 Å². The van der Waals surface area contributed by atoms with Crippen molar-refractivity contribution in [1.82, 2.24) is 9.80 Å². The minimum Gasteiger partial charge on any atom is -0.391 e. The fourth-order valence-electron chi connectivity index (χ4n) is 3.20.